The van der Waals surface area contributed by atoms with Crippen molar-refractivity contribution < 1.29 is 14.3 Å². The Morgan fingerprint density at radius 1 is 1.10 bits per heavy atom. The van der Waals surface area contributed by atoms with Crippen molar-refractivity contribution in [3.8, 4) is 5.75 Å². The fraction of sp³-hybridized carbons (Fsp3) is 0.440. The Morgan fingerprint density at radius 2 is 1.77 bits per heavy atom. The molecule has 0 radical (unpaired) electrons. The molecule has 0 bridgehead atoms. The average Bonchev–Trinajstić information content (AvgIpc) is 2.85. The molecule has 0 aromatic heterocycles. The van der Waals surface area contributed by atoms with Crippen LogP contribution < -0.4 is 15.9 Å². The SMILES string of the molecule is COc1cccc(C2CC(c3ccccc3)CC(N)C(=O)N2NC(=O)CC(C)(C)C)c1. The van der Waals surface area contributed by atoms with Gasteiger partial charge in [-0.25, -0.2) is 5.01 Å². The van der Waals surface area contributed by atoms with Crippen LogP contribution in [0, 0.1) is 5.41 Å². The number of hydrogen-bond donors (Lipinski definition) is 2. The summed E-state index contributed by atoms with van der Waals surface area (Å²) in [6.45, 7) is 5.98. The van der Waals surface area contributed by atoms with Crippen LogP contribution in [0.2, 0.25) is 0 Å². The zero-order chi connectivity index (χ0) is 22.6. The van der Waals surface area contributed by atoms with Gasteiger partial charge in [0.25, 0.3) is 5.91 Å². The van der Waals surface area contributed by atoms with Gasteiger partial charge in [0.15, 0.2) is 0 Å². The van der Waals surface area contributed by atoms with Gasteiger partial charge in [-0.2, -0.15) is 0 Å². The standard InChI is InChI=1S/C25H33N3O3/c1-25(2,3)16-23(29)27-28-22(18-11-8-12-20(13-18)31-4)15-19(14-21(26)24(28)30)17-9-6-5-7-10-17/h5-13,19,21-22H,14-16,26H2,1-4H3,(H,27,29). The van der Waals surface area contributed by atoms with Gasteiger partial charge in [-0.3, -0.25) is 15.0 Å². The molecule has 3 rings (SSSR count). The van der Waals surface area contributed by atoms with Gasteiger partial charge >= 0.3 is 0 Å². The maximum Gasteiger partial charge on any atom is 0.258 e. The van der Waals surface area contributed by atoms with E-state index in [1.165, 1.54) is 5.01 Å². The molecule has 2 amide bonds. The summed E-state index contributed by atoms with van der Waals surface area (Å²) in [5, 5.41) is 1.45. The van der Waals surface area contributed by atoms with Crippen LogP contribution in [0.5, 0.6) is 5.75 Å². The topological polar surface area (TPSA) is 84.7 Å². The highest BCUT2D eigenvalue weighted by Gasteiger charge is 2.38. The number of ether oxygens (including phenoxy) is 1. The van der Waals surface area contributed by atoms with Crippen molar-refractivity contribution in [2.24, 2.45) is 11.1 Å². The first-order valence-corrected chi connectivity index (χ1v) is 10.7. The second-order valence-electron chi connectivity index (χ2n) is 9.46. The van der Waals surface area contributed by atoms with E-state index in [9.17, 15) is 9.59 Å². The third-order valence-electron chi connectivity index (χ3n) is 5.60. The second kappa shape index (κ2) is 9.52. The van der Waals surface area contributed by atoms with Crippen LogP contribution in [0.4, 0.5) is 0 Å². The van der Waals surface area contributed by atoms with Crippen molar-refractivity contribution in [3.05, 3.63) is 65.7 Å². The summed E-state index contributed by atoms with van der Waals surface area (Å²) in [6, 6.07) is 16.7. The fourth-order valence-corrected chi connectivity index (χ4v) is 4.13. The number of nitrogens with two attached hydrogens (primary N) is 1. The lowest BCUT2D eigenvalue weighted by molar-refractivity contribution is -0.145. The molecular formula is C25H33N3O3. The van der Waals surface area contributed by atoms with Crippen molar-refractivity contribution in [3.63, 3.8) is 0 Å². The number of amides is 2. The number of methoxy groups -OCH3 is 1. The van der Waals surface area contributed by atoms with E-state index in [0.717, 1.165) is 11.1 Å². The highest BCUT2D eigenvalue weighted by Crippen LogP contribution is 2.38. The molecular weight excluding hydrogens is 390 g/mol. The van der Waals surface area contributed by atoms with Crippen molar-refractivity contribution in [2.45, 2.75) is 58.0 Å². The zero-order valence-corrected chi connectivity index (χ0v) is 18.8. The molecule has 1 heterocycles. The maximum atomic E-state index is 13.3. The molecule has 3 atom stereocenters. The highest BCUT2D eigenvalue weighted by atomic mass is 16.5. The molecule has 1 saturated heterocycles. The van der Waals surface area contributed by atoms with Crippen LogP contribution in [-0.4, -0.2) is 30.0 Å². The quantitative estimate of drug-likeness (QED) is 0.763. The summed E-state index contributed by atoms with van der Waals surface area (Å²) < 4.78 is 5.40. The van der Waals surface area contributed by atoms with E-state index in [-0.39, 0.29) is 29.2 Å². The average molecular weight is 424 g/mol. The smallest absolute Gasteiger partial charge is 0.258 e. The Bertz CT molecular complexity index is 908. The van der Waals surface area contributed by atoms with Crippen LogP contribution in [0.3, 0.4) is 0 Å². The molecule has 0 aliphatic carbocycles. The number of nitrogens with zero attached hydrogens (tertiary/aromatic N) is 1. The van der Waals surface area contributed by atoms with E-state index in [4.69, 9.17) is 10.5 Å². The van der Waals surface area contributed by atoms with E-state index in [2.05, 4.69) is 17.6 Å². The number of carbonyl (C=O) groups is 2. The van der Waals surface area contributed by atoms with E-state index in [0.29, 0.717) is 25.0 Å². The first-order valence-electron chi connectivity index (χ1n) is 10.7. The molecule has 0 spiro atoms. The Balaban J connectivity index is 2.00. The Morgan fingerprint density at radius 3 is 2.42 bits per heavy atom. The third kappa shape index (κ3) is 5.85. The number of hydrogen-bond acceptors (Lipinski definition) is 4. The molecule has 3 N–H and O–H groups in total. The van der Waals surface area contributed by atoms with Crippen LogP contribution in [0.25, 0.3) is 0 Å². The lowest BCUT2D eigenvalue weighted by Crippen LogP contribution is -2.53. The summed E-state index contributed by atoms with van der Waals surface area (Å²) in [7, 11) is 1.61. The summed E-state index contributed by atoms with van der Waals surface area (Å²) in [5.74, 6) is 0.323. The normalized spacial score (nSPS) is 22.0. The van der Waals surface area contributed by atoms with Gasteiger partial charge in [0.05, 0.1) is 19.2 Å². The molecule has 1 aliphatic heterocycles. The van der Waals surface area contributed by atoms with Crippen LogP contribution in [0.1, 0.15) is 63.1 Å². The first kappa shape index (κ1) is 22.8. The number of benzene rings is 2. The monoisotopic (exact) mass is 423 g/mol. The van der Waals surface area contributed by atoms with E-state index < -0.39 is 6.04 Å². The minimum absolute atomic E-state index is 0.0841. The minimum Gasteiger partial charge on any atom is -0.497 e. The minimum atomic E-state index is -0.698. The largest absolute Gasteiger partial charge is 0.497 e. The second-order valence-corrected chi connectivity index (χ2v) is 9.46. The molecule has 3 unspecified atom stereocenters. The number of nitrogens with one attached hydrogen (secondary N) is 1. The van der Waals surface area contributed by atoms with Gasteiger partial charge in [-0.1, -0.05) is 63.2 Å². The number of hydrazine groups is 1. The molecule has 1 fully saturated rings. The first-order chi connectivity index (χ1) is 14.7. The summed E-state index contributed by atoms with van der Waals surface area (Å²) in [5.41, 5.74) is 11.1. The predicted molar refractivity (Wildman–Crippen MR) is 121 cm³/mol. The van der Waals surface area contributed by atoms with E-state index in [1.807, 2.05) is 63.2 Å². The van der Waals surface area contributed by atoms with Gasteiger partial charge in [0.2, 0.25) is 5.91 Å². The van der Waals surface area contributed by atoms with E-state index >= 15 is 0 Å². The molecule has 2 aromatic rings. The Kier molecular flexibility index (Phi) is 7.01. The van der Waals surface area contributed by atoms with Gasteiger partial charge in [0, 0.05) is 6.42 Å². The van der Waals surface area contributed by atoms with E-state index in [1.54, 1.807) is 7.11 Å². The molecule has 1 aliphatic rings. The van der Waals surface area contributed by atoms with Crippen molar-refractivity contribution in [2.75, 3.05) is 7.11 Å². The molecule has 31 heavy (non-hydrogen) atoms. The molecule has 0 saturated carbocycles. The van der Waals surface area contributed by atoms with Crippen molar-refractivity contribution in [1.29, 1.82) is 0 Å². The lowest BCUT2D eigenvalue weighted by atomic mass is 9.86. The molecule has 166 valence electrons. The summed E-state index contributed by atoms with van der Waals surface area (Å²) in [4.78, 5) is 26.1. The van der Waals surface area contributed by atoms with Gasteiger partial charge in [-0.05, 0) is 47.4 Å². The van der Waals surface area contributed by atoms with Gasteiger partial charge < -0.3 is 10.5 Å². The summed E-state index contributed by atoms with van der Waals surface area (Å²) in [6.07, 6.45) is 1.47. The Labute approximate surface area is 184 Å². The number of rotatable bonds is 5. The van der Waals surface area contributed by atoms with Crippen LogP contribution in [0.15, 0.2) is 54.6 Å². The fourth-order valence-electron chi connectivity index (χ4n) is 4.13. The number of carbonyl (C=O) groups excluding carboxylic acids is 2. The van der Waals surface area contributed by atoms with Crippen LogP contribution >= 0.6 is 0 Å². The zero-order valence-electron chi connectivity index (χ0n) is 18.8. The van der Waals surface area contributed by atoms with Crippen molar-refractivity contribution >= 4 is 11.8 Å². The maximum absolute atomic E-state index is 13.3. The third-order valence-corrected chi connectivity index (χ3v) is 5.60. The van der Waals surface area contributed by atoms with Gasteiger partial charge in [0.1, 0.15) is 5.75 Å². The van der Waals surface area contributed by atoms with Crippen molar-refractivity contribution in [1.82, 2.24) is 10.4 Å². The van der Waals surface area contributed by atoms with Crippen LogP contribution in [-0.2, 0) is 9.59 Å². The molecule has 2 aromatic carbocycles. The predicted octanol–water partition coefficient (Wildman–Crippen LogP) is 3.94. The highest BCUT2D eigenvalue weighted by molar-refractivity contribution is 5.86. The molecule has 6 nitrogen and oxygen atoms in total. The molecule has 6 heteroatoms. The summed E-state index contributed by atoms with van der Waals surface area (Å²) >= 11 is 0. The Hall–Kier alpha value is -2.86. The van der Waals surface area contributed by atoms with Gasteiger partial charge in [-0.15, -0.1) is 0 Å². The lowest BCUT2D eigenvalue weighted by Gasteiger charge is -2.33.